The van der Waals surface area contributed by atoms with Crippen LogP contribution in [0.25, 0.3) is 10.9 Å². The lowest BCUT2D eigenvalue weighted by Gasteiger charge is -2.38. The maximum Gasteiger partial charge on any atom is 0.268 e. The van der Waals surface area contributed by atoms with Gasteiger partial charge in [-0.05, 0) is 58.1 Å². The second-order valence-electron chi connectivity index (χ2n) is 11.1. The van der Waals surface area contributed by atoms with Crippen molar-refractivity contribution >= 4 is 26.8 Å². The van der Waals surface area contributed by atoms with Crippen LogP contribution < -0.4 is 5.32 Å². The summed E-state index contributed by atoms with van der Waals surface area (Å²) in [5, 5.41) is 15.1. The second kappa shape index (κ2) is 9.44. The fourth-order valence-corrected chi connectivity index (χ4v) is 7.59. The highest BCUT2D eigenvalue weighted by Gasteiger charge is 2.43. The average molecular weight is 523 g/mol. The summed E-state index contributed by atoms with van der Waals surface area (Å²) in [5.74, 6) is -0.00175. The lowest BCUT2D eigenvalue weighted by Crippen LogP contribution is -2.52. The molecule has 0 radical (unpaired) electrons. The Morgan fingerprint density at radius 1 is 1.11 bits per heavy atom. The number of rotatable bonds is 7. The van der Waals surface area contributed by atoms with Gasteiger partial charge in [-0.3, -0.25) is 4.79 Å². The van der Waals surface area contributed by atoms with E-state index in [4.69, 9.17) is 0 Å². The van der Waals surface area contributed by atoms with E-state index in [0.717, 1.165) is 22.3 Å². The lowest BCUT2D eigenvalue weighted by atomic mass is 9.76. The number of hydrogen-bond donors (Lipinski definition) is 2. The van der Waals surface area contributed by atoms with Gasteiger partial charge in [0.1, 0.15) is 5.60 Å². The summed E-state index contributed by atoms with van der Waals surface area (Å²) in [6.07, 6.45) is 3.36. The van der Waals surface area contributed by atoms with Crippen molar-refractivity contribution in [2.45, 2.75) is 89.2 Å². The zero-order valence-corrected chi connectivity index (χ0v) is 23.6. The Morgan fingerprint density at radius 2 is 1.70 bits per heavy atom. The molecule has 2 aromatic carbocycles. The first-order chi connectivity index (χ1) is 17.2. The molecular formula is C30H38N2O4S. The van der Waals surface area contributed by atoms with Gasteiger partial charge in [0.2, 0.25) is 5.91 Å². The van der Waals surface area contributed by atoms with E-state index in [2.05, 4.69) is 25.7 Å². The minimum absolute atomic E-state index is 0.00326. The quantitative estimate of drug-likeness (QED) is 0.391. The van der Waals surface area contributed by atoms with Crippen LogP contribution in [0.3, 0.4) is 0 Å². The molecule has 1 aliphatic carbocycles. The predicted octanol–water partition coefficient (Wildman–Crippen LogP) is 5.68. The minimum Gasteiger partial charge on any atom is -0.379 e. The molecule has 37 heavy (non-hydrogen) atoms. The van der Waals surface area contributed by atoms with Gasteiger partial charge in [0.05, 0.1) is 16.5 Å². The van der Waals surface area contributed by atoms with Crippen molar-refractivity contribution in [3.05, 3.63) is 77.0 Å². The molecule has 3 aromatic rings. The van der Waals surface area contributed by atoms with E-state index in [1.54, 1.807) is 24.4 Å². The van der Waals surface area contributed by atoms with E-state index in [1.807, 2.05) is 39.8 Å². The summed E-state index contributed by atoms with van der Waals surface area (Å²) < 4.78 is 30.4. The fourth-order valence-electron chi connectivity index (χ4n) is 5.53. The first kappa shape index (κ1) is 27.1. The summed E-state index contributed by atoms with van der Waals surface area (Å²) in [5.41, 5.74) is 3.02. The molecule has 1 aliphatic rings. The second-order valence-corrected chi connectivity index (χ2v) is 12.9. The van der Waals surface area contributed by atoms with Crippen molar-refractivity contribution < 1.29 is 18.3 Å². The van der Waals surface area contributed by atoms with Gasteiger partial charge in [-0.2, -0.15) is 0 Å². The van der Waals surface area contributed by atoms with Crippen LogP contribution in [0.4, 0.5) is 0 Å². The van der Waals surface area contributed by atoms with E-state index >= 15 is 0 Å². The van der Waals surface area contributed by atoms with Crippen LogP contribution >= 0.6 is 0 Å². The Hall–Kier alpha value is -2.90. The fraction of sp³-hybridized carbons (Fsp3) is 0.433. The molecular weight excluding hydrogens is 484 g/mol. The SMILES string of the molecule is C=CC1(O)c2cccc3c2c(cn3S(=O)(=O)c2c(C(C)C)cc(C(C)C)cc2C(C)C)CC1NC(C)=O. The number of benzene rings is 2. The molecule has 0 bridgehead atoms. The van der Waals surface area contributed by atoms with Gasteiger partial charge in [0.15, 0.2) is 0 Å². The molecule has 0 aliphatic heterocycles. The van der Waals surface area contributed by atoms with Gasteiger partial charge < -0.3 is 10.4 Å². The predicted molar refractivity (Wildman–Crippen MR) is 149 cm³/mol. The highest BCUT2D eigenvalue weighted by atomic mass is 32.2. The third kappa shape index (κ3) is 4.32. The largest absolute Gasteiger partial charge is 0.379 e. The van der Waals surface area contributed by atoms with Crippen LogP contribution in [0.1, 0.15) is 94.0 Å². The number of nitrogens with one attached hydrogen (secondary N) is 1. The van der Waals surface area contributed by atoms with Crippen molar-refractivity contribution in [3.63, 3.8) is 0 Å². The van der Waals surface area contributed by atoms with Crippen molar-refractivity contribution in [1.82, 2.24) is 9.29 Å². The van der Waals surface area contributed by atoms with Crippen LogP contribution in [0, 0.1) is 0 Å². The van der Waals surface area contributed by atoms with Crippen molar-refractivity contribution in [2.24, 2.45) is 0 Å². The topological polar surface area (TPSA) is 88.4 Å². The zero-order valence-electron chi connectivity index (χ0n) is 22.8. The monoisotopic (exact) mass is 522 g/mol. The van der Waals surface area contributed by atoms with E-state index in [9.17, 15) is 18.3 Å². The van der Waals surface area contributed by atoms with E-state index in [0.29, 0.717) is 21.4 Å². The van der Waals surface area contributed by atoms with E-state index in [-0.39, 0.29) is 30.1 Å². The van der Waals surface area contributed by atoms with Crippen LogP contribution in [-0.4, -0.2) is 29.4 Å². The van der Waals surface area contributed by atoms with Crippen LogP contribution in [0.15, 0.2) is 54.1 Å². The molecule has 0 spiro atoms. The van der Waals surface area contributed by atoms with E-state index in [1.165, 1.54) is 17.0 Å². The maximum atomic E-state index is 14.5. The van der Waals surface area contributed by atoms with Crippen LogP contribution in [0.5, 0.6) is 0 Å². The highest BCUT2D eigenvalue weighted by Crippen LogP contribution is 2.43. The Balaban J connectivity index is 2.04. The summed E-state index contributed by atoms with van der Waals surface area (Å²) in [6, 6.07) is 8.69. The smallest absolute Gasteiger partial charge is 0.268 e. The van der Waals surface area contributed by atoms with Gasteiger partial charge in [-0.15, -0.1) is 0 Å². The van der Waals surface area contributed by atoms with Gasteiger partial charge in [-0.25, -0.2) is 12.4 Å². The molecule has 6 nitrogen and oxygen atoms in total. The molecule has 2 atom stereocenters. The molecule has 4 rings (SSSR count). The molecule has 1 amide bonds. The molecule has 1 aromatic heterocycles. The number of amides is 1. The highest BCUT2D eigenvalue weighted by molar-refractivity contribution is 7.90. The van der Waals surface area contributed by atoms with Crippen LogP contribution in [0.2, 0.25) is 0 Å². The van der Waals surface area contributed by atoms with Gasteiger partial charge in [0, 0.05) is 18.5 Å². The first-order valence-electron chi connectivity index (χ1n) is 12.9. The van der Waals surface area contributed by atoms with Crippen molar-refractivity contribution in [1.29, 1.82) is 0 Å². The number of carbonyl (C=O) groups is 1. The third-order valence-corrected chi connectivity index (χ3v) is 9.35. The summed E-state index contributed by atoms with van der Waals surface area (Å²) in [7, 11) is -4.00. The lowest BCUT2D eigenvalue weighted by molar-refractivity contribution is -0.121. The number of carbonyl (C=O) groups excluding carboxylic acids is 1. The van der Waals surface area contributed by atoms with E-state index < -0.39 is 21.7 Å². The molecule has 1 heterocycles. The number of aromatic nitrogens is 1. The number of aliphatic hydroxyl groups is 1. The first-order valence-corrected chi connectivity index (χ1v) is 14.4. The Kier molecular flexibility index (Phi) is 6.93. The standard InChI is InChI=1S/C30H38N2O4S/c1-9-30(34)25-11-10-12-26-28(25)22(15-27(30)31-20(8)33)16-32(26)37(35,36)29-23(18(4)5)13-21(17(2)3)14-24(29)19(6)7/h9-14,16-19,27,34H,1,15H2,2-8H3,(H,31,33). The molecule has 198 valence electrons. The van der Waals surface area contributed by atoms with Gasteiger partial charge in [0.25, 0.3) is 10.0 Å². The van der Waals surface area contributed by atoms with Gasteiger partial charge in [-0.1, -0.05) is 78.5 Å². The zero-order chi connectivity index (χ0) is 27.4. The van der Waals surface area contributed by atoms with Crippen LogP contribution in [-0.2, 0) is 26.8 Å². The Morgan fingerprint density at radius 3 is 2.19 bits per heavy atom. The van der Waals surface area contributed by atoms with Gasteiger partial charge >= 0.3 is 0 Å². The normalized spacial score (nSPS) is 19.7. The number of hydrogen-bond acceptors (Lipinski definition) is 4. The maximum absolute atomic E-state index is 14.5. The summed E-state index contributed by atoms with van der Waals surface area (Å²) >= 11 is 0. The average Bonchev–Trinajstić information content (AvgIpc) is 3.21. The molecule has 2 N–H and O–H groups in total. The molecule has 0 saturated heterocycles. The minimum atomic E-state index is -4.00. The number of nitrogens with zero attached hydrogens (tertiary/aromatic N) is 1. The Labute approximate surface area is 220 Å². The summed E-state index contributed by atoms with van der Waals surface area (Å²) in [4.78, 5) is 12.3. The molecule has 7 heteroatoms. The summed E-state index contributed by atoms with van der Waals surface area (Å²) in [6.45, 7) is 17.6. The van der Waals surface area contributed by atoms with Crippen molar-refractivity contribution in [2.75, 3.05) is 0 Å². The third-order valence-electron chi connectivity index (χ3n) is 7.55. The van der Waals surface area contributed by atoms with Crippen molar-refractivity contribution in [3.8, 4) is 0 Å². The molecule has 0 saturated carbocycles. The molecule has 0 fully saturated rings. The Bertz CT molecular complexity index is 1470. The molecule has 2 unspecified atom stereocenters.